The molecule has 0 atom stereocenters. The molecule has 0 fully saturated rings. The van der Waals surface area contributed by atoms with Crippen LogP contribution in [0.3, 0.4) is 0 Å². The Kier molecular flexibility index (Phi) is 4.03. The van der Waals surface area contributed by atoms with Crippen LogP contribution in [-0.2, 0) is 11.3 Å². The molecule has 0 aliphatic rings. The summed E-state index contributed by atoms with van der Waals surface area (Å²) < 4.78 is 10.6. The molecule has 0 bridgehead atoms. The van der Waals surface area contributed by atoms with Crippen LogP contribution < -0.4 is 16.0 Å². The Hall–Kier alpha value is -1.40. The molecule has 1 aromatic rings. The number of hydrogen-bond donors (Lipinski definition) is 2. The van der Waals surface area contributed by atoms with E-state index in [1.54, 1.807) is 13.2 Å². The van der Waals surface area contributed by atoms with E-state index in [0.29, 0.717) is 24.1 Å². The predicted molar refractivity (Wildman–Crippen MR) is 60.9 cm³/mol. The number of nitrogen functional groups attached to an aromatic ring is 1. The minimum Gasteiger partial charge on any atom is -0.472 e. The molecule has 1 aromatic heterocycles. The Balaban J connectivity index is 2.95. The molecule has 3 N–H and O–H groups in total. The lowest BCUT2D eigenvalue weighted by atomic mass is 10.2. The summed E-state index contributed by atoms with van der Waals surface area (Å²) >= 11 is 0. The molecule has 0 radical (unpaired) electrons. The summed E-state index contributed by atoms with van der Waals surface area (Å²) in [5, 5.41) is 0. The topological polar surface area (TPSA) is 82.3 Å². The van der Waals surface area contributed by atoms with Gasteiger partial charge in [0.1, 0.15) is 18.0 Å². The Morgan fingerprint density at radius 1 is 1.38 bits per heavy atom. The first-order valence-corrected chi connectivity index (χ1v) is 4.97. The van der Waals surface area contributed by atoms with Crippen LogP contribution in [0, 0.1) is 0 Å². The second-order valence-corrected chi connectivity index (χ2v) is 4.30. The van der Waals surface area contributed by atoms with Crippen LogP contribution in [0.15, 0.2) is 6.07 Å². The van der Waals surface area contributed by atoms with Gasteiger partial charge in [-0.05, 0) is 20.8 Å². The van der Waals surface area contributed by atoms with Crippen LogP contribution in [0.1, 0.15) is 26.6 Å². The number of anilines is 1. The number of aromatic nitrogens is 2. The van der Waals surface area contributed by atoms with Gasteiger partial charge in [0.05, 0.1) is 0 Å². The smallest absolute Gasteiger partial charge is 0.219 e. The number of rotatable bonds is 4. The molecule has 0 spiro atoms. The van der Waals surface area contributed by atoms with Crippen molar-refractivity contribution in [3.05, 3.63) is 11.9 Å². The second kappa shape index (κ2) is 5.09. The zero-order valence-corrected chi connectivity index (χ0v) is 10.1. The van der Waals surface area contributed by atoms with Crippen molar-refractivity contribution in [1.29, 1.82) is 0 Å². The number of ether oxygens (including phenoxy) is 2. The minimum atomic E-state index is -0.315. The van der Waals surface area contributed by atoms with Crippen molar-refractivity contribution in [1.82, 2.24) is 9.97 Å². The van der Waals surface area contributed by atoms with Gasteiger partial charge in [0.15, 0.2) is 5.82 Å². The molecule has 0 unspecified atom stereocenters. The highest BCUT2D eigenvalue weighted by atomic mass is 16.5. The Bertz CT molecular complexity index is 349. The van der Waals surface area contributed by atoms with Crippen LogP contribution in [0.4, 0.5) is 5.82 Å². The molecule has 0 aliphatic carbocycles. The van der Waals surface area contributed by atoms with E-state index in [2.05, 4.69) is 15.4 Å². The van der Waals surface area contributed by atoms with Gasteiger partial charge in [-0.15, -0.1) is 0 Å². The largest absolute Gasteiger partial charge is 0.472 e. The summed E-state index contributed by atoms with van der Waals surface area (Å²) in [5.41, 5.74) is 2.15. The van der Waals surface area contributed by atoms with Gasteiger partial charge in [-0.25, -0.2) is 10.8 Å². The van der Waals surface area contributed by atoms with Gasteiger partial charge in [-0.1, -0.05) is 0 Å². The van der Waals surface area contributed by atoms with E-state index in [1.165, 1.54) is 0 Å². The maximum atomic E-state index is 5.63. The third-order valence-corrected chi connectivity index (χ3v) is 1.58. The first kappa shape index (κ1) is 12.7. The van der Waals surface area contributed by atoms with Gasteiger partial charge < -0.3 is 14.9 Å². The summed E-state index contributed by atoms with van der Waals surface area (Å²) in [4.78, 5) is 8.32. The van der Waals surface area contributed by atoms with Crippen LogP contribution in [0.2, 0.25) is 0 Å². The number of nitrogens with one attached hydrogen (secondary N) is 1. The third-order valence-electron chi connectivity index (χ3n) is 1.58. The number of methoxy groups -OCH3 is 1. The van der Waals surface area contributed by atoms with Crippen molar-refractivity contribution < 1.29 is 9.47 Å². The van der Waals surface area contributed by atoms with Crippen molar-refractivity contribution in [2.75, 3.05) is 12.5 Å². The standard InChI is InChI=1S/C10H18N4O2/c1-10(2,3)16-9-5-7(14-11)12-8(13-9)6-15-4/h5H,6,11H2,1-4H3,(H,12,13,14). The van der Waals surface area contributed by atoms with Gasteiger partial charge in [-0.3, -0.25) is 0 Å². The average molecular weight is 226 g/mol. The van der Waals surface area contributed by atoms with Gasteiger partial charge in [0, 0.05) is 13.2 Å². The van der Waals surface area contributed by atoms with E-state index in [0.717, 1.165) is 0 Å². The quantitative estimate of drug-likeness (QED) is 0.590. The minimum absolute atomic E-state index is 0.315. The van der Waals surface area contributed by atoms with E-state index in [9.17, 15) is 0 Å². The highest BCUT2D eigenvalue weighted by Gasteiger charge is 2.14. The molecule has 0 saturated heterocycles. The number of nitrogens with zero attached hydrogens (tertiary/aromatic N) is 2. The number of hydrogen-bond acceptors (Lipinski definition) is 6. The van der Waals surface area contributed by atoms with Crippen LogP contribution >= 0.6 is 0 Å². The van der Waals surface area contributed by atoms with Crippen LogP contribution in [-0.4, -0.2) is 22.7 Å². The molecular formula is C10H18N4O2. The first-order valence-electron chi connectivity index (χ1n) is 4.97. The fraction of sp³-hybridized carbons (Fsp3) is 0.600. The summed E-state index contributed by atoms with van der Waals surface area (Å²) in [6, 6.07) is 1.64. The van der Waals surface area contributed by atoms with E-state index in [4.69, 9.17) is 15.3 Å². The normalized spacial score (nSPS) is 11.3. The van der Waals surface area contributed by atoms with Gasteiger partial charge in [0.25, 0.3) is 0 Å². The van der Waals surface area contributed by atoms with Crippen LogP contribution in [0.25, 0.3) is 0 Å². The van der Waals surface area contributed by atoms with Crippen LogP contribution in [0.5, 0.6) is 5.88 Å². The lowest BCUT2D eigenvalue weighted by Crippen LogP contribution is -2.24. The molecule has 0 amide bonds. The molecule has 0 aromatic carbocycles. The Labute approximate surface area is 95.1 Å². The third kappa shape index (κ3) is 4.00. The molecule has 1 heterocycles. The van der Waals surface area contributed by atoms with E-state index < -0.39 is 0 Å². The van der Waals surface area contributed by atoms with Crippen molar-refractivity contribution in [2.24, 2.45) is 5.84 Å². The SMILES string of the molecule is COCc1nc(NN)cc(OC(C)(C)C)n1. The predicted octanol–water partition coefficient (Wildman–Crippen LogP) is 1.09. The fourth-order valence-corrected chi connectivity index (χ4v) is 1.11. The van der Waals surface area contributed by atoms with E-state index in [-0.39, 0.29) is 5.60 Å². The highest BCUT2D eigenvalue weighted by Crippen LogP contribution is 2.18. The van der Waals surface area contributed by atoms with Crippen molar-refractivity contribution in [3.8, 4) is 5.88 Å². The fourth-order valence-electron chi connectivity index (χ4n) is 1.11. The maximum absolute atomic E-state index is 5.63. The van der Waals surface area contributed by atoms with Gasteiger partial charge in [-0.2, -0.15) is 4.98 Å². The molecule has 6 nitrogen and oxygen atoms in total. The average Bonchev–Trinajstić information content (AvgIpc) is 2.15. The summed E-state index contributed by atoms with van der Waals surface area (Å²) in [5.74, 6) is 6.81. The Morgan fingerprint density at radius 2 is 2.06 bits per heavy atom. The molecular weight excluding hydrogens is 208 g/mol. The highest BCUT2D eigenvalue weighted by molar-refractivity contribution is 5.37. The van der Waals surface area contributed by atoms with Crippen molar-refractivity contribution in [3.63, 3.8) is 0 Å². The molecule has 90 valence electrons. The molecule has 16 heavy (non-hydrogen) atoms. The first-order chi connectivity index (χ1) is 7.44. The van der Waals surface area contributed by atoms with Crippen molar-refractivity contribution in [2.45, 2.75) is 33.0 Å². The second-order valence-electron chi connectivity index (χ2n) is 4.30. The number of nitrogens with two attached hydrogens (primary N) is 1. The molecule has 0 saturated carbocycles. The maximum Gasteiger partial charge on any atom is 0.219 e. The Morgan fingerprint density at radius 3 is 2.56 bits per heavy atom. The summed E-state index contributed by atoms with van der Waals surface area (Å²) in [6.07, 6.45) is 0. The van der Waals surface area contributed by atoms with Crippen molar-refractivity contribution >= 4 is 5.82 Å². The van der Waals surface area contributed by atoms with Gasteiger partial charge >= 0.3 is 0 Å². The number of hydrazine groups is 1. The lowest BCUT2D eigenvalue weighted by molar-refractivity contribution is 0.121. The zero-order valence-electron chi connectivity index (χ0n) is 10.1. The molecule has 0 aliphatic heterocycles. The van der Waals surface area contributed by atoms with E-state index >= 15 is 0 Å². The molecule has 1 rings (SSSR count). The summed E-state index contributed by atoms with van der Waals surface area (Å²) in [7, 11) is 1.58. The van der Waals surface area contributed by atoms with Gasteiger partial charge in [0.2, 0.25) is 5.88 Å². The molecule has 6 heteroatoms. The monoisotopic (exact) mass is 226 g/mol. The summed E-state index contributed by atoms with van der Waals surface area (Å²) in [6.45, 7) is 6.15. The van der Waals surface area contributed by atoms with E-state index in [1.807, 2.05) is 20.8 Å². The zero-order chi connectivity index (χ0) is 12.2. The lowest BCUT2D eigenvalue weighted by Gasteiger charge is -2.20.